The summed E-state index contributed by atoms with van der Waals surface area (Å²) in [5.41, 5.74) is 2.64. The van der Waals surface area contributed by atoms with E-state index in [1.807, 2.05) is 33.8 Å². The zero-order valence-electron chi connectivity index (χ0n) is 18.7. The van der Waals surface area contributed by atoms with Crippen molar-refractivity contribution in [3.63, 3.8) is 0 Å². The molecule has 0 radical (unpaired) electrons. The summed E-state index contributed by atoms with van der Waals surface area (Å²) >= 11 is 0. The van der Waals surface area contributed by atoms with Crippen molar-refractivity contribution in [2.45, 2.75) is 59.7 Å². The van der Waals surface area contributed by atoms with Gasteiger partial charge in [-0.1, -0.05) is 0 Å². The molecule has 1 aliphatic carbocycles. The Hall–Kier alpha value is -4.14. The van der Waals surface area contributed by atoms with E-state index >= 15 is 0 Å². The Morgan fingerprint density at radius 3 is 1.29 bits per heavy atom. The molecular weight excluding hydrogens is 396 g/mol. The molecule has 0 heterocycles. The molecular formula is C23H24N4O4. The Kier molecular flexibility index (Phi) is 8.08. The average molecular weight is 420 g/mol. The fourth-order valence-corrected chi connectivity index (χ4v) is 3.28. The minimum Gasteiger partial charge on any atom is -0.412 e. The topological polar surface area (TPSA) is 132 Å². The maximum absolute atomic E-state index is 8.61. The summed E-state index contributed by atoms with van der Waals surface area (Å²) in [6, 6.07) is 1.81. The molecule has 2 unspecified atom stereocenters. The van der Waals surface area contributed by atoms with Gasteiger partial charge in [0.1, 0.15) is 0 Å². The van der Waals surface area contributed by atoms with Crippen molar-refractivity contribution in [1.82, 2.24) is 0 Å². The van der Waals surface area contributed by atoms with Crippen LogP contribution in [0.25, 0.3) is 0 Å². The highest BCUT2D eigenvalue weighted by molar-refractivity contribution is 5.54. The molecule has 2 atom stereocenters. The van der Waals surface area contributed by atoms with Crippen LogP contribution >= 0.6 is 0 Å². The first-order valence-corrected chi connectivity index (χ1v) is 9.27. The Balaban J connectivity index is 0.000000311. The molecule has 0 bridgehead atoms. The average Bonchev–Trinajstić information content (AvgIpc) is 2.71. The molecule has 0 fully saturated rings. The van der Waals surface area contributed by atoms with E-state index in [2.05, 4.69) is 0 Å². The van der Waals surface area contributed by atoms with Crippen molar-refractivity contribution in [3.05, 3.63) is 46.1 Å². The van der Waals surface area contributed by atoms with Crippen LogP contribution in [0, 0.1) is 66.8 Å². The monoisotopic (exact) mass is 420 g/mol. The quantitative estimate of drug-likeness (QED) is 0.504. The lowest BCUT2D eigenvalue weighted by Crippen LogP contribution is -2.38. The summed E-state index contributed by atoms with van der Waals surface area (Å²) in [5.74, 6) is 0.904. The second kappa shape index (κ2) is 10.1. The van der Waals surface area contributed by atoms with Crippen molar-refractivity contribution in [2.75, 3.05) is 0 Å². The summed E-state index contributed by atoms with van der Waals surface area (Å²) in [6.07, 6.45) is 10.1. The highest BCUT2D eigenvalue weighted by atomic mass is 16.5. The van der Waals surface area contributed by atoms with Gasteiger partial charge in [0.25, 0.3) is 25.0 Å². The highest BCUT2D eigenvalue weighted by Gasteiger charge is 2.39. The largest absolute Gasteiger partial charge is 0.412 e. The molecule has 0 N–H and O–H groups in total. The van der Waals surface area contributed by atoms with Gasteiger partial charge in [-0.2, -0.15) is 10.5 Å². The molecule has 2 rings (SSSR count). The molecule has 1 aromatic carbocycles. The normalized spacial score (nSPS) is 21.3. The van der Waals surface area contributed by atoms with Crippen LogP contribution < -0.4 is 9.47 Å². The van der Waals surface area contributed by atoms with Crippen LogP contribution in [0.2, 0.25) is 0 Å². The van der Waals surface area contributed by atoms with E-state index in [1.165, 1.54) is 0 Å². The Bertz CT molecular complexity index is 999. The van der Waals surface area contributed by atoms with Gasteiger partial charge in [-0.3, -0.25) is 0 Å². The summed E-state index contributed by atoms with van der Waals surface area (Å²) in [5, 5.41) is 34.2. The molecule has 0 saturated heterocycles. The summed E-state index contributed by atoms with van der Waals surface area (Å²) in [4.78, 5) is 0. The summed E-state index contributed by atoms with van der Waals surface area (Å²) < 4.78 is 19.7. The van der Waals surface area contributed by atoms with Gasteiger partial charge in [-0.25, -0.2) is 0 Å². The molecule has 0 aromatic heterocycles. The maximum Gasteiger partial charge on any atom is 0.292 e. The SMILES string of the molecule is CC1=C(C)C(C)(OC#N)C=CC1(C)OC#N.Cc1cc(C)c(OC#N)c(C)c1OC#N. The number of benzene rings is 1. The summed E-state index contributed by atoms with van der Waals surface area (Å²) in [6.45, 7) is 12.8. The van der Waals surface area contributed by atoms with Crippen molar-refractivity contribution in [3.8, 4) is 36.5 Å². The molecule has 8 heteroatoms. The predicted molar refractivity (Wildman–Crippen MR) is 111 cm³/mol. The van der Waals surface area contributed by atoms with E-state index < -0.39 is 11.2 Å². The lowest BCUT2D eigenvalue weighted by Gasteiger charge is -2.36. The third-order valence-corrected chi connectivity index (χ3v) is 5.41. The Morgan fingerprint density at radius 2 is 1.00 bits per heavy atom. The third-order valence-electron chi connectivity index (χ3n) is 5.41. The number of hydrogen-bond acceptors (Lipinski definition) is 8. The number of aryl methyl sites for hydroxylation is 2. The molecule has 1 aliphatic rings. The number of ether oxygens (including phenoxy) is 4. The van der Waals surface area contributed by atoms with Gasteiger partial charge in [-0.05, 0) is 89.0 Å². The fourth-order valence-electron chi connectivity index (χ4n) is 3.28. The van der Waals surface area contributed by atoms with Gasteiger partial charge in [0, 0.05) is 5.56 Å². The van der Waals surface area contributed by atoms with Crippen LogP contribution in [-0.4, -0.2) is 11.2 Å². The van der Waals surface area contributed by atoms with E-state index in [4.69, 9.17) is 40.0 Å². The van der Waals surface area contributed by atoms with Crippen molar-refractivity contribution >= 4 is 0 Å². The first-order valence-electron chi connectivity index (χ1n) is 9.27. The lowest BCUT2D eigenvalue weighted by atomic mass is 9.79. The van der Waals surface area contributed by atoms with E-state index in [0.29, 0.717) is 17.1 Å². The number of nitrogens with zero attached hydrogens (tertiary/aromatic N) is 4. The number of hydrogen-bond donors (Lipinski definition) is 0. The zero-order valence-corrected chi connectivity index (χ0v) is 18.7. The minimum absolute atomic E-state index is 0.452. The fraction of sp³-hybridized carbons (Fsp3) is 0.391. The Labute approximate surface area is 182 Å². The van der Waals surface area contributed by atoms with Crippen LogP contribution in [0.5, 0.6) is 11.5 Å². The second-order valence-electron chi connectivity index (χ2n) is 7.36. The molecule has 0 saturated carbocycles. The smallest absolute Gasteiger partial charge is 0.292 e. The zero-order chi connectivity index (χ0) is 23.8. The van der Waals surface area contributed by atoms with Crippen molar-refractivity contribution < 1.29 is 18.9 Å². The van der Waals surface area contributed by atoms with Crippen LogP contribution in [0.3, 0.4) is 0 Å². The van der Waals surface area contributed by atoms with Crippen molar-refractivity contribution in [2.24, 2.45) is 0 Å². The van der Waals surface area contributed by atoms with Gasteiger partial charge in [0.15, 0.2) is 22.7 Å². The molecule has 0 aliphatic heterocycles. The first-order chi connectivity index (χ1) is 14.5. The summed E-state index contributed by atoms with van der Waals surface area (Å²) in [7, 11) is 0. The standard InChI is InChI=1S/C12H14N2O2.C11H10N2O2/c1-9-10(2)12(4,16-8-14)6-5-11(9,3)15-7-13;1-7-4-8(2)11(15-6-13)9(3)10(7)14-5-12/h5-6H,1-4H3;4H,1-3H3. The number of nitriles is 4. The van der Waals surface area contributed by atoms with Gasteiger partial charge in [-0.15, -0.1) is 10.5 Å². The maximum atomic E-state index is 8.61. The van der Waals surface area contributed by atoms with Crippen molar-refractivity contribution in [1.29, 1.82) is 21.0 Å². The van der Waals surface area contributed by atoms with E-state index in [1.54, 1.807) is 57.9 Å². The van der Waals surface area contributed by atoms with Gasteiger partial charge < -0.3 is 18.9 Å². The van der Waals surface area contributed by atoms with Crippen LogP contribution in [0.4, 0.5) is 0 Å². The van der Waals surface area contributed by atoms with E-state index in [0.717, 1.165) is 22.3 Å². The third kappa shape index (κ3) is 5.27. The van der Waals surface area contributed by atoms with Crippen LogP contribution in [0.15, 0.2) is 29.4 Å². The molecule has 1 aromatic rings. The van der Waals surface area contributed by atoms with Crippen LogP contribution in [0.1, 0.15) is 44.4 Å². The molecule has 0 amide bonds. The minimum atomic E-state index is -0.739. The van der Waals surface area contributed by atoms with Gasteiger partial charge in [0.05, 0.1) is 0 Å². The molecule has 160 valence electrons. The lowest BCUT2D eigenvalue weighted by molar-refractivity contribution is 0.0987. The van der Waals surface area contributed by atoms with E-state index in [-0.39, 0.29) is 0 Å². The number of rotatable bonds is 4. The molecule has 31 heavy (non-hydrogen) atoms. The predicted octanol–water partition coefficient (Wildman–Crippen LogP) is 4.74. The highest BCUT2D eigenvalue weighted by Crippen LogP contribution is 2.38. The van der Waals surface area contributed by atoms with E-state index in [9.17, 15) is 0 Å². The van der Waals surface area contributed by atoms with Crippen LogP contribution in [-0.2, 0) is 9.47 Å². The molecule has 8 nitrogen and oxygen atoms in total. The Morgan fingerprint density at radius 1 is 0.645 bits per heavy atom. The first kappa shape index (κ1) is 24.9. The second-order valence-corrected chi connectivity index (χ2v) is 7.36. The molecule has 0 spiro atoms. The van der Waals surface area contributed by atoms with Gasteiger partial charge in [0.2, 0.25) is 0 Å². The van der Waals surface area contributed by atoms with Gasteiger partial charge >= 0.3 is 0 Å².